The molecule has 1 aliphatic heterocycles. The number of rotatable bonds is 26. The van der Waals surface area contributed by atoms with Crippen LogP contribution in [0, 0.1) is 0 Å². The van der Waals surface area contributed by atoms with Gasteiger partial charge < -0.3 is 5.53 Å². The first-order chi connectivity index (χ1) is 24.8. The van der Waals surface area contributed by atoms with Gasteiger partial charge in [0.05, 0.1) is 5.57 Å². The number of hydrogen-bond acceptors (Lipinski definition) is 2. The van der Waals surface area contributed by atoms with E-state index in [1.54, 1.807) is 0 Å². The Balaban J connectivity index is 0.00000116. The molecule has 288 valence electrons. The van der Waals surface area contributed by atoms with Crippen LogP contribution in [0.5, 0.6) is 0 Å². The van der Waals surface area contributed by atoms with Crippen molar-refractivity contribution in [1.82, 2.24) is 7.96 Å². The van der Waals surface area contributed by atoms with Gasteiger partial charge in [0.2, 0.25) is 11.4 Å². The number of aryl methyl sites for hydroxylation is 2. The van der Waals surface area contributed by atoms with Gasteiger partial charge in [0.1, 0.15) is 0 Å². The van der Waals surface area contributed by atoms with Gasteiger partial charge in [-0.1, -0.05) is 154 Å². The Labute approximate surface area is 321 Å². The van der Waals surface area contributed by atoms with Crippen molar-refractivity contribution in [2.75, 3.05) is 28.2 Å². The van der Waals surface area contributed by atoms with E-state index in [1.807, 2.05) is 28.2 Å². The molecule has 5 heteroatoms. The summed E-state index contributed by atoms with van der Waals surface area (Å²) in [4.78, 5) is 0. The van der Waals surface area contributed by atoms with Gasteiger partial charge in [0, 0.05) is 17.2 Å². The molecule has 0 atom stereocenters. The second-order valence-corrected chi connectivity index (χ2v) is 16.5. The van der Waals surface area contributed by atoms with Crippen LogP contribution in [0.25, 0.3) is 16.9 Å². The van der Waals surface area contributed by atoms with Gasteiger partial charge >= 0.3 is 51.0 Å². The molecular formula is C46H74N4Ni. The van der Waals surface area contributed by atoms with Gasteiger partial charge in [-0.15, -0.1) is 0 Å². The van der Waals surface area contributed by atoms with Gasteiger partial charge in [0.15, 0.2) is 0 Å². The molecule has 0 saturated carbocycles. The minimum absolute atomic E-state index is 0.869. The normalized spacial score (nSPS) is 13.2. The standard InChI is InChI=1S/C42H62N2.2C2H6N.Ni/c1-4-7-10-11-12-13-14-15-16-17-18-19-20-21-22-23-30-40-35-41(38-31-24-28-36(33-38)26-8-5-2)44(43)42(40)39-32-25-29-37(34-39)27-9-6-3;2*1-3-2;/h23-25,28-35H,4-22,26-27H2,1-3H3;2*1-2H3;/q;2*-1;+2. The summed E-state index contributed by atoms with van der Waals surface area (Å²) in [5.41, 5.74) is 19.3. The fourth-order valence-corrected chi connectivity index (χ4v) is 7.37. The predicted molar refractivity (Wildman–Crippen MR) is 220 cm³/mol. The molecule has 2 aromatic rings. The molecule has 0 amide bonds. The fourth-order valence-electron chi connectivity index (χ4n) is 6.58. The summed E-state index contributed by atoms with van der Waals surface area (Å²) in [6.07, 6.45) is 34.2. The zero-order chi connectivity index (χ0) is 37.1. The number of benzene rings is 2. The van der Waals surface area contributed by atoms with Gasteiger partial charge in [-0.25, -0.2) is 4.70 Å². The first-order valence-corrected chi connectivity index (χ1v) is 21.4. The van der Waals surface area contributed by atoms with Crippen molar-refractivity contribution in [2.24, 2.45) is 0 Å². The fraction of sp³-hybridized carbons (Fsp3) is 0.609. The summed E-state index contributed by atoms with van der Waals surface area (Å²) < 4.78 is 5.56. The molecule has 0 aromatic heterocycles. The van der Waals surface area contributed by atoms with Crippen LogP contribution in [0.3, 0.4) is 0 Å². The van der Waals surface area contributed by atoms with E-state index in [0.29, 0.717) is 0 Å². The van der Waals surface area contributed by atoms with Crippen molar-refractivity contribution in [3.05, 3.63) is 100 Å². The maximum absolute atomic E-state index is 11.6. The van der Waals surface area contributed by atoms with Crippen LogP contribution in [0.2, 0.25) is 0 Å². The molecule has 0 unspecified atom stereocenters. The molecule has 1 aliphatic rings. The van der Waals surface area contributed by atoms with Crippen molar-refractivity contribution in [3.8, 4) is 0 Å². The Morgan fingerprint density at radius 2 is 1.04 bits per heavy atom. The average Bonchev–Trinajstić information content (AvgIpc) is 3.45. The second-order valence-electron chi connectivity index (χ2n) is 14.6. The molecule has 0 bridgehead atoms. The molecule has 0 saturated heterocycles. The summed E-state index contributed by atoms with van der Waals surface area (Å²) in [5, 5.41) is 0. The summed E-state index contributed by atoms with van der Waals surface area (Å²) >= 11 is 1.51. The molecule has 0 spiro atoms. The maximum atomic E-state index is 11.6. The summed E-state index contributed by atoms with van der Waals surface area (Å²) in [6.45, 7) is 6.77. The Kier molecular flexibility index (Phi) is 24.8. The third-order valence-corrected chi connectivity index (χ3v) is 10.1. The first kappa shape index (κ1) is 44.8. The molecule has 4 nitrogen and oxygen atoms in total. The van der Waals surface area contributed by atoms with Crippen LogP contribution >= 0.6 is 0 Å². The van der Waals surface area contributed by atoms with Gasteiger partial charge in [-0.05, 0) is 73.9 Å². The Morgan fingerprint density at radius 3 is 1.51 bits per heavy atom. The van der Waals surface area contributed by atoms with Crippen LogP contribution in [-0.2, 0) is 27.7 Å². The second kappa shape index (κ2) is 28.2. The van der Waals surface area contributed by atoms with Crippen molar-refractivity contribution >= 4 is 11.4 Å². The van der Waals surface area contributed by atoms with Crippen molar-refractivity contribution < 1.29 is 19.6 Å². The number of unbranched alkanes of at least 4 members (excludes halogenated alkanes) is 16. The van der Waals surface area contributed by atoms with E-state index < -0.39 is 0 Å². The zero-order valence-electron chi connectivity index (χ0n) is 33.8. The SMILES string of the molecule is CCCCCCCCCCCCCCCCC=CC1=C(c2cccc(CCCC)c2)[N+](=[N-])C(c2cccc(CCCC)c2)=C1.C[N](C)[Ni][N](C)C. The zero-order valence-corrected chi connectivity index (χ0v) is 34.8. The molecule has 0 fully saturated rings. The van der Waals surface area contributed by atoms with E-state index >= 15 is 0 Å². The average molecular weight is 742 g/mol. The Hall–Kier alpha value is -2.33. The summed E-state index contributed by atoms with van der Waals surface area (Å²) in [7, 11) is 8.11. The first-order valence-electron chi connectivity index (χ1n) is 20.5. The molecule has 1 heterocycles. The molecule has 2 aromatic carbocycles. The monoisotopic (exact) mass is 741 g/mol. The van der Waals surface area contributed by atoms with E-state index in [1.165, 1.54) is 146 Å². The third kappa shape index (κ3) is 19.4. The predicted octanol–water partition coefficient (Wildman–Crippen LogP) is 13.6. The van der Waals surface area contributed by atoms with E-state index in [-0.39, 0.29) is 0 Å². The van der Waals surface area contributed by atoms with Crippen molar-refractivity contribution in [3.63, 3.8) is 0 Å². The van der Waals surface area contributed by atoms with Crippen LogP contribution in [0.1, 0.15) is 165 Å². The topological polar surface area (TPSA) is 31.8 Å². The molecule has 0 N–H and O–H groups in total. The van der Waals surface area contributed by atoms with Crippen LogP contribution in [0.4, 0.5) is 0 Å². The summed E-state index contributed by atoms with van der Waals surface area (Å²) in [5.74, 6) is 0. The van der Waals surface area contributed by atoms with Crippen LogP contribution in [-0.4, -0.2) is 40.8 Å². The molecule has 3 rings (SSSR count). The minimum atomic E-state index is 0.869. The number of hydrogen-bond donors (Lipinski definition) is 0. The van der Waals surface area contributed by atoms with E-state index in [0.717, 1.165) is 47.4 Å². The van der Waals surface area contributed by atoms with Crippen molar-refractivity contribution in [2.45, 2.75) is 156 Å². The van der Waals surface area contributed by atoms with Gasteiger partial charge in [-0.2, -0.15) is 0 Å². The van der Waals surface area contributed by atoms with Crippen LogP contribution in [0.15, 0.2) is 72.3 Å². The Morgan fingerprint density at radius 1 is 0.588 bits per heavy atom. The number of allylic oxidation sites excluding steroid dienone is 4. The van der Waals surface area contributed by atoms with Gasteiger partial charge in [-0.3, -0.25) is 0 Å². The quantitative estimate of drug-likeness (QED) is 0.0546. The van der Waals surface area contributed by atoms with E-state index in [9.17, 15) is 5.53 Å². The van der Waals surface area contributed by atoms with E-state index in [2.05, 4.69) is 95.5 Å². The third-order valence-electron chi connectivity index (χ3n) is 9.34. The molecule has 51 heavy (non-hydrogen) atoms. The van der Waals surface area contributed by atoms with E-state index in [4.69, 9.17) is 0 Å². The molecule has 0 aliphatic carbocycles. The Bertz CT molecular complexity index is 1320. The number of nitrogens with zero attached hydrogens (tertiary/aromatic N) is 4. The molecule has 0 radical (unpaired) electrons. The van der Waals surface area contributed by atoms with Crippen LogP contribution < -0.4 is 0 Å². The summed E-state index contributed by atoms with van der Waals surface area (Å²) in [6, 6.07) is 17.5. The van der Waals surface area contributed by atoms with Crippen molar-refractivity contribution in [1.29, 1.82) is 0 Å². The molecular weight excluding hydrogens is 667 g/mol. The van der Waals surface area contributed by atoms with Gasteiger partial charge in [0.25, 0.3) is 0 Å².